The fourth-order valence-corrected chi connectivity index (χ4v) is 3.89. The number of carbonyl (C=O) groups excluding carboxylic acids is 1. The Kier molecular flexibility index (Phi) is 6.09. The SMILES string of the molecule is C[C@@H]1CC(NC(=O)NC[C@@](C)(O)C2CCCCC2)C[C@@H](C)O1. The molecule has 1 aliphatic heterocycles. The number of hydrogen-bond acceptors (Lipinski definition) is 3. The van der Waals surface area contributed by atoms with E-state index in [1.54, 1.807) is 0 Å². The van der Waals surface area contributed by atoms with E-state index in [0.29, 0.717) is 12.5 Å². The lowest BCUT2D eigenvalue weighted by molar-refractivity contribution is -0.0406. The van der Waals surface area contributed by atoms with Gasteiger partial charge in [-0.3, -0.25) is 0 Å². The molecule has 0 radical (unpaired) electrons. The summed E-state index contributed by atoms with van der Waals surface area (Å²) < 4.78 is 5.68. The van der Waals surface area contributed by atoms with Gasteiger partial charge in [0.25, 0.3) is 0 Å². The summed E-state index contributed by atoms with van der Waals surface area (Å²) in [6, 6.07) is -0.0271. The Morgan fingerprint density at radius 2 is 1.77 bits per heavy atom. The van der Waals surface area contributed by atoms with Gasteiger partial charge in [0.2, 0.25) is 0 Å². The number of carbonyl (C=O) groups is 1. The van der Waals surface area contributed by atoms with Crippen molar-refractivity contribution in [3.8, 4) is 0 Å². The van der Waals surface area contributed by atoms with Gasteiger partial charge in [0, 0.05) is 12.6 Å². The lowest BCUT2D eigenvalue weighted by Gasteiger charge is -2.36. The van der Waals surface area contributed by atoms with Crippen LogP contribution in [0.2, 0.25) is 0 Å². The zero-order valence-electron chi connectivity index (χ0n) is 14.2. The highest BCUT2D eigenvalue weighted by molar-refractivity contribution is 5.74. The van der Waals surface area contributed by atoms with Crippen molar-refractivity contribution in [3.63, 3.8) is 0 Å². The van der Waals surface area contributed by atoms with Crippen LogP contribution in [0.1, 0.15) is 65.7 Å². The van der Waals surface area contributed by atoms with E-state index in [1.807, 2.05) is 20.8 Å². The fourth-order valence-electron chi connectivity index (χ4n) is 3.89. The van der Waals surface area contributed by atoms with Crippen molar-refractivity contribution in [1.29, 1.82) is 0 Å². The highest BCUT2D eigenvalue weighted by atomic mass is 16.5. The Balaban J connectivity index is 1.74. The molecule has 3 N–H and O–H groups in total. The van der Waals surface area contributed by atoms with Crippen LogP contribution in [-0.2, 0) is 4.74 Å². The third-order valence-electron chi connectivity index (χ3n) is 5.12. The molecule has 1 saturated heterocycles. The molecule has 5 nitrogen and oxygen atoms in total. The lowest BCUT2D eigenvalue weighted by Crippen LogP contribution is -2.52. The maximum atomic E-state index is 12.1. The maximum Gasteiger partial charge on any atom is 0.315 e. The van der Waals surface area contributed by atoms with Gasteiger partial charge in [-0.25, -0.2) is 4.79 Å². The maximum absolute atomic E-state index is 12.1. The van der Waals surface area contributed by atoms with Crippen LogP contribution < -0.4 is 10.6 Å². The molecule has 0 aromatic heterocycles. The van der Waals surface area contributed by atoms with Gasteiger partial charge in [0.05, 0.1) is 17.8 Å². The zero-order valence-corrected chi connectivity index (χ0v) is 14.2. The van der Waals surface area contributed by atoms with Crippen molar-refractivity contribution in [1.82, 2.24) is 10.6 Å². The van der Waals surface area contributed by atoms with Crippen LogP contribution in [0.4, 0.5) is 4.79 Å². The topological polar surface area (TPSA) is 70.6 Å². The van der Waals surface area contributed by atoms with Gasteiger partial charge in [0.1, 0.15) is 0 Å². The summed E-state index contributed by atoms with van der Waals surface area (Å²) in [4.78, 5) is 12.1. The Hall–Kier alpha value is -0.810. The standard InChI is InChI=1S/C17H32N2O3/c1-12-9-15(10-13(2)22-12)19-16(20)18-11-17(3,21)14-7-5-4-6-8-14/h12-15,21H,4-11H2,1-3H3,(H2,18,19,20)/t12-,13-,17-/m1/s1. The zero-order chi connectivity index (χ0) is 16.2. The summed E-state index contributed by atoms with van der Waals surface area (Å²) in [7, 11) is 0. The number of aliphatic hydroxyl groups is 1. The first-order valence-corrected chi connectivity index (χ1v) is 8.79. The number of rotatable bonds is 4. The number of nitrogens with one attached hydrogen (secondary N) is 2. The second kappa shape index (κ2) is 7.64. The number of hydrogen-bond donors (Lipinski definition) is 3. The molecular weight excluding hydrogens is 280 g/mol. The summed E-state index contributed by atoms with van der Waals surface area (Å²) >= 11 is 0. The average Bonchev–Trinajstić information content (AvgIpc) is 2.45. The Labute approximate surface area is 134 Å². The minimum Gasteiger partial charge on any atom is -0.388 e. The molecule has 2 amide bonds. The van der Waals surface area contributed by atoms with Crippen molar-refractivity contribution in [3.05, 3.63) is 0 Å². The molecule has 0 bridgehead atoms. The Morgan fingerprint density at radius 1 is 1.18 bits per heavy atom. The van der Waals surface area contributed by atoms with E-state index in [9.17, 15) is 9.90 Å². The largest absolute Gasteiger partial charge is 0.388 e. The van der Waals surface area contributed by atoms with Gasteiger partial charge < -0.3 is 20.5 Å². The number of urea groups is 1. The second-order valence-corrected chi connectivity index (χ2v) is 7.44. The number of ether oxygens (including phenoxy) is 1. The van der Waals surface area contributed by atoms with Gasteiger partial charge in [-0.05, 0) is 52.4 Å². The Morgan fingerprint density at radius 3 is 2.36 bits per heavy atom. The van der Waals surface area contributed by atoms with Crippen molar-refractivity contribution in [2.45, 2.75) is 89.6 Å². The van der Waals surface area contributed by atoms with Gasteiger partial charge >= 0.3 is 6.03 Å². The quantitative estimate of drug-likeness (QED) is 0.747. The van der Waals surface area contributed by atoms with E-state index in [2.05, 4.69) is 10.6 Å². The number of amides is 2. The van der Waals surface area contributed by atoms with E-state index in [4.69, 9.17) is 4.74 Å². The van der Waals surface area contributed by atoms with Crippen molar-refractivity contribution in [2.75, 3.05) is 6.54 Å². The van der Waals surface area contributed by atoms with Crippen LogP contribution >= 0.6 is 0 Å². The van der Waals surface area contributed by atoms with Crippen molar-refractivity contribution < 1.29 is 14.6 Å². The smallest absolute Gasteiger partial charge is 0.315 e. The summed E-state index contributed by atoms with van der Waals surface area (Å²) in [6.45, 7) is 6.24. The summed E-state index contributed by atoms with van der Waals surface area (Å²) in [5, 5.41) is 16.5. The van der Waals surface area contributed by atoms with Crippen LogP contribution in [-0.4, -0.2) is 41.5 Å². The van der Waals surface area contributed by atoms with Crippen LogP contribution in [0, 0.1) is 5.92 Å². The second-order valence-electron chi connectivity index (χ2n) is 7.44. The molecule has 2 rings (SSSR count). The average molecular weight is 312 g/mol. The molecule has 22 heavy (non-hydrogen) atoms. The minimum atomic E-state index is -0.811. The van der Waals surface area contributed by atoms with E-state index < -0.39 is 5.60 Å². The molecule has 2 fully saturated rings. The summed E-state index contributed by atoms with van der Waals surface area (Å²) in [5.74, 6) is 0.296. The highest BCUT2D eigenvalue weighted by Crippen LogP contribution is 2.32. The molecule has 1 heterocycles. The monoisotopic (exact) mass is 312 g/mol. The van der Waals surface area contributed by atoms with Crippen LogP contribution in [0.25, 0.3) is 0 Å². The predicted octanol–water partition coefficient (Wildman–Crippen LogP) is 2.57. The molecule has 3 atom stereocenters. The first kappa shape index (κ1) is 17.5. The molecule has 2 aliphatic rings. The van der Waals surface area contributed by atoms with Gasteiger partial charge in [0.15, 0.2) is 0 Å². The van der Waals surface area contributed by atoms with E-state index in [1.165, 1.54) is 19.3 Å². The molecule has 1 saturated carbocycles. The molecule has 0 aromatic rings. The first-order chi connectivity index (χ1) is 10.4. The molecule has 128 valence electrons. The van der Waals surface area contributed by atoms with Crippen LogP contribution in [0.5, 0.6) is 0 Å². The Bertz CT molecular complexity index is 357. The van der Waals surface area contributed by atoms with Gasteiger partial charge in [-0.15, -0.1) is 0 Å². The van der Waals surface area contributed by atoms with Crippen molar-refractivity contribution in [2.24, 2.45) is 5.92 Å². The molecule has 0 aromatic carbocycles. The lowest BCUT2D eigenvalue weighted by atomic mass is 9.78. The molecule has 0 spiro atoms. The predicted molar refractivity (Wildman–Crippen MR) is 86.8 cm³/mol. The molecule has 1 aliphatic carbocycles. The molecule has 5 heteroatoms. The van der Waals surface area contributed by atoms with Crippen LogP contribution in [0.3, 0.4) is 0 Å². The minimum absolute atomic E-state index is 0.151. The van der Waals surface area contributed by atoms with Crippen molar-refractivity contribution >= 4 is 6.03 Å². The van der Waals surface area contributed by atoms with Crippen LogP contribution in [0.15, 0.2) is 0 Å². The van der Waals surface area contributed by atoms with E-state index >= 15 is 0 Å². The van der Waals surface area contributed by atoms with E-state index in [0.717, 1.165) is 25.7 Å². The van der Waals surface area contributed by atoms with Gasteiger partial charge in [-0.1, -0.05) is 19.3 Å². The normalized spacial score (nSPS) is 33.0. The summed E-state index contributed by atoms with van der Waals surface area (Å²) in [5.41, 5.74) is -0.811. The van der Waals surface area contributed by atoms with Gasteiger partial charge in [-0.2, -0.15) is 0 Å². The molecule has 0 unspecified atom stereocenters. The third kappa shape index (κ3) is 5.13. The fraction of sp³-hybridized carbons (Fsp3) is 0.941. The highest BCUT2D eigenvalue weighted by Gasteiger charge is 2.33. The molecular formula is C17H32N2O3. The first-order valence-electron chi connectivity index (χ1n) is 8.79. The summed E-state index contributed by atoms with van der Waals surface area (Å²) in [6.07, 6.45) is 7.80. The third-order valence-corrected chi connectivity index (χ3v) is 5.12. The van der Waals surface area contributed by atoms with E-state index in [-0.39, 0.29) is 24.3 Å².